The molecule has 5 nitrogen and oxygen atoms in total. The minimum atomic E-state index is -0.878. The molecule has 4 fully saturated rings. The molecule has 0 aliphatic heterocycles. The van der Waals surface area contributed by atoms with Crippen LogP contribution in [0.1, 0.15) is 38.5 Å². The average Bonchev–Trinajstić information content (AvgIpc) is 2.74. The van der Waals surface area contributed by atoms with Gasteiger partial charge in [-0.25, -0.2) is 9.67 Å². The Morgan fingerprint density at radius 3 is 2.58 bits per heavy atom. The van der Waals surface area contributed by atoms with E-state index in [1.807, 2.05) is 4.68 Å². The normalized spacial score (nSPS) is 43.6. The molecule has 2 atom stereocenters. The number of carbonyl (C=O) groups excluding carboxylic acids is 1. The van der Waals surface area contributed by atoms with Gasteiger partial charge in [0.25, 0.3) is 0 Å². The highest BCUT2D eigenvalue weighted by molar-refractivity contribution is 6.28. The Labute approximate surface area is 116 Å². The fourth-order valence-corrected chi connectivity index (χ4v) is 5.32. The highest BCUT2D eigenvalue weighted by Crippen LogP contribution is 2.63. The molecule has 0 amide bonds. The summed E-state index contributed by atoms with van der Waals surface area (Å²) in [6, 6.07) is 0. The largest absolute Gasteiger partial charge is 0.550 e. The molecular weight excluding hydrogens is 266 g/mol. The van der Waals surface area contributed by atoms with Crippen LogP contribution in [0.2, 0.25) is 5.28 Å². The molecule has 19 heavy (non-hydrogen) atoms. The van der Waals surface area contributed by atoms with Crippen LogP contribution in [-0.4, -0.2) is 20.7 Å². The van der Waals surface area contributed by atoms with Gasteiger partial charge in [0.15, 0.2) is 0 Å². The molecule has 0 spiro atoms. The van der Waals surface area contributed by atoms with Crippen LogP contribution in [0.5, 0.6) is 0 Å². The summed E-state index contributed by atoms with van der Waals surface area (Å²) in [5, 5.41) is 16.1. The van der Waals surface area contributed by atoms with Crippen molar-refractivity contribution < 1.29 is 9.90 Å². The second-order valence-electron chi connectivity index (χ2n) is 6.71. The van der Waals surface area contributed by atoms with Crippen LogP contribution in [-0.2, 0) is 10.3 Å². The smallest absolute Gasteiger partial charge is 0.242 e. The summed E-state index contributed by atoms with van der Waals surface area (Å²) in [6.45, 7) is 0. The van der Waals surface area contributed by atoms with Crippen LogP contribution < -0.4 is 5.11 Å². The third kappa shape index (κ3) is 1.51. The standard InChI is InChI=1S/C13H16ClN3O2/c14-11-15-7-17(16-11)13-4-8-1-9(5-13)3-12(2-8,6-13)10(18)19/h7-9H,1-6H2,(H,18,19)/p-1. The van der Waals surface area contributed by atoms with Gasteiger partial charge in [-0.2, -0.15) is 0 Å². The van der Waals surface area contributed by atoms with E-state index in [0.29, 0.717) is 18.3 Å². The quantitative estimate of drug-likeness (QED) is 0.809. The first kappa shape index (κ1) is 11.7. The van der Waals surface area contributed by atoms with E-state index in [9.17, 15) is 9.90 Å². The average molecular weight is 281 g/mol. The van der Waals surface area contributed by atoms with Crippen molar-refractivity contribution in [3.8, 4) is 0 Å². The molecule has 0 aromatic carbocycles. The third-order valence-electron chi connectivity index (χ3n) is 5.41. The lowest BCUT2D eigenvalue weighted by Crippen LogP contribution is -2.61. The molecule has 6 heteroatoms. The number of carboxylic acid groups (broad SMARTS) is 1. The van der Waals surface area contributed by atoms with E-state index in [0.717, 1.165) is 32.1 Å². The Morgan fingerprint density at radius 2 is 2.05 bits per heavy atom. The van der Waals surface area contributed by atoms with Gasteiger partial charge in [-0.3, -0.25) is 0 Å². The number of aromatic nitrogens is 3. The van der Waals surface area contributed by atoms with Crippen LogP contribution in [0.3, 0.4) is 0 Å². The maximum absolute atomic E-state index is 11.6. The fourth-order valence-electron chi connectivity index (χ4n) is 5.19. The van der Waals surface area contributed by atoms with Gasteiger partial charge >= 0.3 is 0 Å². The monoisotopic (exact) mass is 280 g/mol. The van der Waals surface area contributed by atoms with Gasteiger partial charge in [-0.15, -0.1) is 5.10 Å². The number of carbonyl (C=O) groups is 1. The Kier molecular flexibility index (Phi) is 2.16. The molecule has 4 saturated carbocycles. The zero-order chi connectivity index (χ0) is 13.3. The first-order valence-corrected chi connectivity index (χ1v) is 7.18. The van der Waals surface area contributed by atoms with E-state index in [1.54, 1.807) is 6.33 Å². The van der Waals surface area contributed by atoms with Crippen molar-refractivity contribution in [3.63, 3.8) is 0 Å². The van der Waals surface area contributed by atoms with E-state index < -0.39 is 11.4 Å². The van der Waals surface area contributed by atoms with Crippen molar-refractivity contribution in [2.24, 2.45) is 17.3 Å². The van der Waals surface area contributed by atoms with Gasteiger partial charge in [0.05, 0.1) is 5.54 Å². The fraction of sp³-hybridized carbons (Fsp3) is 0.769. The highest BCUT2D eigenvalue weighted by Gasteiger charge is 2.59. The Bertz CT molecular complexity index is 542. The topological polar surface area (TPSA) is 70.8 Å². The molecule has 4 aliphatic rings. The van der Waals surface area contributed by atoms with Crippen molar-refractivity contribution in [3.05, 3.63) is 11.6 Å². The number of hydrogen-bond donors (Lipinski definition) is 0. The van der Waals surface area contributed by atoms with Crippen LogP contribution in [0.4, 0.5) is 0 Å². The van der Waals surface area contributed by atoms with Crippen molar-refractivity contribution in [1.29, 1.82) is 0 Å². The summed E-state index contributed by atoms with van der Waals surface area (Å²) in [4.78, 5) is 15.6. The zero-order valence-electron chi connectivity index (χ0n) is 10.5. The lowest BCUT2D eigenvalue weighted by Gasteiger charge is -2.62. The Hall–Kier alpha value is -1.10. The zero-order valence-corrected chi connectivity index (χ0v) is 11.3. The van der Waals surface area contributed by atoms with Gasteiger partial charge in [-0.1, -0.05) is 0 Å². The van der Waals surface area contributed by atoms with E-state index in [2.05, 4.69) is 10.1 Å². The van der Waals surface area contributed by atoms with Crippen molar-refractivity contribution in [1.82, 2.24) is 14.8 Å². The minimum Gasteiger partial charge on any atom is -0.550 e. The number of aliphatic carboxylic acids is 1. The number of hydrogen-bond acceptors (Lipinski definition) is 4. The SMILES string of the molecule is O=C([O-])C12CC3CC(C1)CC(n1cnc(Cl)n1)(C3)C2. The van der Waals surface area contributed by atoms with E-state index in [4.69, 9.17) is 11.6 Å². The van der Waals surface area contributed by atoms with Gasteiger partial charge in [-0.05, 0) is 62.0 Å². The molecule has 0 N–H and O–H groups in total. The van der Waals surface area contributed by atoms with Crippen molar-refractivity contribution in [2.75, 3.05) is 0 Å². The second kappa shape index (κ2) is 3.51. The number of halogens is 1. The lowest BCUT2D eigenvalue weighted by molar-refractivity contribution is -0.329. The number of rotatable bonds is 2. The maximum atomic E-state index is 11.6. The Balaban J connectivity index is 1.80. The molecule has 1 heterocycles. The minimum absolute atomic E-state index is 0.204. The molecule has 0 radical (unpaired) electrons. The van der Waals surface area contributed by atoms with Crippen molar-refractivity contribution in [2.45, 2.75) is 44.1 Å². The summed E-state index contributed by atoms with van der Waals surface area (Å²) in [5.41, 5.74) is -0.854. The predicted octanol–water partition coefficient (Wildman–Crippen LogP) is 0.977. The Morgan fingerprint density at radius 1 is 1.37 bits per heavy atom. The molecule has 102 valence electrons. The molecule has 1 aromatic rings. The first-order chi connectivity index (χ1) is 9.01. The number of carboxylic acids is 1. The van der Waals surface area contributed by atoms with Crippen LogP contribution in [0, 0.1) is 17.3 Å². The van der Waals surface area contributed by atoms with Crippen LogP contribution in [0.25, 0.3) is 0 Å². The van der Waals surface area contributed by atoms with Gasteiger partial charge in [0, 0.05) is 11.4 Å². The summed E-state index contributed by atoms with van der Waals surface area (Å²) in [6.07, 6.45) is 6.97. The first-order valence-electron chi connectivity index (χ1n) is 6.81. The molecule has 1 aromatic heterocycles. The molecule has 4 bridgehead atoms. The molecule has 2 unspecified atom stereocenters. The highest BCUT2D eigenvalue weighted by atomic mass is 35.5. The van der Waals surface area contributed by atoms with E-state index >= 15 is 0 Å². The predicted molar refractivity (Wildman–Crippen MR) is 65.1 cm³/mol. The second-order valence-corrected chi connectivity index (χ2v) is 7.05. The van der Waals surface area contributed by atoms with Gasteiger partial charge in [0.1, 0.15) is 6.33 Å². The van der Waals surface area contributed by atoms with Crippen LogP contribution in [0.15, 0.2) is 6.33 Å². The third-order valence-corrected chi connectivity index (χ3v) is 5.59. The summed E-state index contributed by atoms with van der Waals surface area (Å²) >= 11 is 5.83. The van der Waals surface area contributed by atoms with Gasteiger partial charge < -0.3 is 9.90 Å². The van der Waals surface area contributed by atoms with E-state index in [1.165, 1.54) is 0 Å². The van der Waals surface area contributed by atoms with Crippen LogP contribution >= 0.6 is 11.6 Å². The number of nitrogens with zero attached hydrogens (tertiary/aromatic N) is 3. The molecule has 4 aliphatic carbocycles. The van der Waals surface area contributed by atoms with Gasteiger partial charge in [0.2, 0.25) is 5.28 Å². The van der Waals surface area contributed by atoms with E-state index in [-0.39, 0.29) is 10.8 Å². The maximum Gasteiger partial charge on any atom is 0.242 e. The lowest BCUT2D eigenvalue weighted by atomic mass is 9.47. The molecule has 5 rings (SSSR count). The molecular formula is C13H15ClN3O2-. The summed E-state index contributed by atoms with van der Waals surface area (Å²) in [7, 11) is 0. The van der Waals surface area contributed by atoms with Crippen molar-refractivity contribution >= 4 is 17.6 Å². The summed E-state index contributed by atoms with van der Waals surface area (Å²) in [5.74, 6) is 0.0708. The summed E-state index contributed by atoms with van der Waals surface area (Å²) < 4.78 is 1.82. The molecule has 0 saturated heterocycles.